The minimum atomic E-state index is -0.133. The molecule has 0 radical (unpaired) electrons. The summed E-state index contributed by atoms with van der Waals surface area (Å²) in [5, 5.41) is 11.6. The van der Waals surface area contributed by atoms with Crippen LogP contribution < -0.4 is 5.32 Å². The Bertz CT molecular complexity index is 598. The van der Waals surface area contributed by atoms with Crippen LogP contribution >= 0.6 is 0 Å². The Labute approximate surface area is 178 Å². The standard InChI is InChI=1S/C26H40N2O/c1-2-3-4-5-6-7-8-9-10-11-12-13-14-15-16-17-22-28-26(29)25-20-18-24(23-27)19-21-25/h17-22H,2-16H2,1H3,(H,28,29). The number of hydrogen-bond donors (Lipinski definition) is 1. The monoisotopic (exact) mass is 396 g/mol. The second kappa shape index (κ2) is 18.0. The molecule has 0 fully saturated rings. The highest BCUT2D eigenvalue weighted by Gasteiger charge is 2.02. The molecule has 0 heterocycles. The van der Waals surface area contributed by atoms with Crippen molar-refractivity contribution < 1.29 is 4.79 Å². The maximum atomic E-state index is 12.0. The van der Waals surface area contributed by atoms with Gasteiger partial charge in [-0.05, 0) is 37.1 Å². The number of unbranched alkanes of at least 4 members (excludes halogenated alkanes) is 14. The van der Waals surface area contributed by atoms with Crippen molar-refractivity contribution in [3.63, 3.8) is 0 Å². The zero-order valence-electron chi connectivity index (χ0n) is 18.4. The van der Waals surface area contributed by atoms with Crippen LogP contribution in [0.3, 0.4) is 0 Å². The molecule has 0 aromatic heterocycles. The molecule has 0 aliphatic rings. The molecule has 0 aliphatic heterocycles. The van der Waals surface area contributed by atoms with Gasteiger partial charge in [0.15, 0.2) is 0 Å². The fraction of sp³-hybridized carbons (Fsp3) is 0.615. The topological polar surface area (TPSA) is 52.9 Å². The molecule has 3 nitrogen and oxygen atoms in total. The Morgan fingerprint density at radius 1 is 0.828 bits per heavy atom. The van der Waals surface area contributed by atoms with Crippen LogP contribution in [-0.2, 0) is 0 Å². The van der Waals surface area contributed by atoms with Gasteiger partial charge < -0.3 is 5.32 Å². The van der Waals surface area contributed by atoms with E-state index in [1.54, 1.807) is 30.5 Å². The lowest BCUT2D eigenvalue weighted by Crippen LogP contribution is -2.16. The molecule has 3 heteroatoms. The van der Waals surface area contributed by atoms with Crippen molar-refractivity contribution >= 4 is 5.91 Å². The van der Waals surface area contributed by atoms with Crippen molar-refractivity contribution in [2.75, 3.05) is 0 Å². The van der Waals surface area contributed by atoms with E-state index in [0.717, 1.165) is 6.42 Å². The number of nitriles is 1. The quantitative estimate of drug-likeness (QED) is 0.275. The summed E-state index contributed by atoms with van der Waals surface area (Å²) in [5.74, 6) is -0.133. The molecule has 1 aromatic rings. The van der Waals surface area contributed by atoms with Gasteiger partial charge >= 0.3 is 0 Å². The number of nitrogens with one attached hydrogen (secondary N) is 1. The zero-order valence-corrected chi connectivity index (χ0v) is 18.4. The van der Waals surface area contributed by atoms with Gasteiger partial charge in [0.1, 0.15) is 0 Å². The van der Waals surface area contributed by atoms with Gasteiger partial charge in [-0.3, -0.25) is 4.79 Å². The highest BCUT2D eigenvalue weighted by molar-refractivity contribution is 5.94. The molecule has 0 bridgehead atoms. The second-order valence-electron chi connectivity index (χ2n) is 7.95. The first-order chi connectivity index (χ1) is 14.3. The molecule has 1 amide bonds. The Balaban J connectivity index is 1.88. The van der Waals surface area contributed by atoms with E-state index in [4.69, 9.17) is 5.26 Å². The van der Waals surface area contributed by atoms with Gasteiger partial charge in [0.25, 0.3) is 5.91 Å². The Kier molecular flexibility index (Phi) is 15.5. The Hall–Kier alpha value is -2.08. The fourth-order valence-corrected chi connectivity index (χ4v) is 3.45. The van der Waals surface area contributed by atoms with Gasteiger partial charge in [-0.15, -0.1) is 0 Å². The number of hydrogen-bond acceptors (Lipinski definition) is 2. The van der Waals surface area contributed by atoms with Crippen LogP contribution in [0.5, 0.6) is 0 Å². The lowest BCUT2D eigenvalue weighted by molar-refractivity contribution is 0.0970. The van der Waals surface area contributed by atoms with Gasteiger partial charge in [-0.25, -0.2) is 0 Å². The van der Waals surface area contributed by atoms with E-state index in [9.17, 15) is 4.79 Å². The van der Waals surface area contributed by atoms with E-state index >= 15 is 0 Å². The van der Waals surface area contributed by atoms with Crippen LogP contribution in [0.4, 0.5) is 0 Å². The van der Waals surface area contributed by atoms with E-state index in [2.05, 4.69) is 18.3 Å². The van der Waals surface area contributed by atoms with Gasteiger partial charge in [0.05, 0.1) is 11.6 Å². The van der Waals surface area contributed by atoms with Crippen molar-refractivity contribution in [2.45, 2.75) is 103 Å². The highest BCUT2D eigenvalue weighted by Crippen LogP contribution is 2.13. The first kappa shape index (κ1) is 25.0. The van der Waals surface area contributed by atoms with Crippen molar-refractivity contribution in [1.82, 2.24) is 5.32 Å². The average Bonchev–Trinajstić information content (AvgIpc) is 2.75. The van der Waals surface area contributed by atoms with E-state index in [0.29, 0.717) is 11.1 Å². The normalized spacial score (nSPS) is 10.9. The van der Waals surface area contributed by atoms with Crippen LogP contribution in [0.2, 0.25) is 0 Å². The van der Waals surface area contributed by atoms with Crippen molar-refractivity contribution in [2.24, 2.45) is 0 Å². The van der Waals surface area contributed by atoms with Crippen LogP contribution in [0.15, 0.2) is 36.5 Å². The molecule has 1 aromatic carbocycles. The third kappa shape index (κ3) is 13.7. The van der Waals surface area contributed by atoms with Crippen molar-refractivity contribution in [1.29, 1.82) is 5.26 Å². The lowest BCUT2D eigenvalue weighted by atomic mass is 10.0. The highest BCUT2D eigenvalue weighted by atomic mass is 16.1. The molecule has 29 heavy (non-hydrogen) atoms. The first-order valence-electron chi connectivity index (χ1n) is 11.7. The predicted octanol–water partition coefficient (Wildman–Crippen LogP) is 7.67. The molecule has 0 saturated carbocycles. The van der Waals surface area contributed by atoms with E-state index in [1.807, 2.05) is 6.08 Å². The number of rotatable bonds is 17. The number of carbonyl (C=O) groups excluding carboxylic acids is 1. The van der Waals surface area contributed by atoms with Crippen LogP contribution in [-0.4, -0.2) is 5.91 Å². The summed E-state index contributed by atoms with van der Waals surface area (Å²) in [7, 11) is 0. The van der Waals surface area contributed by atoms with Gasteiger partial charge in [-0.2, -0.15) is 5.26 Å². The molecule has 160 valence electrons. The van der Waals surface area contributed by atoms with Crippen LogP contribution in [0.1, 0.15) is 119 Å². The lowest BCUT2D eigenvalue weighted by Gasteiger charge is -2.03. The minimum absolute atomic E-state index is 0.133. The first-order valence-corrected chi connectivity index (χ1v) is 11.7. The summed E-state index contributed by atoms with van der Waals surface area (Å²) >= 11 is 0. The largest absolute Gasteiger partial charge is 0.329 e. The summed E-state index contributed by atoms with van der Waals surface area (Å²) < 4.78 is 0. The smallest absolute Gasteiger partial charge is 0.255 e. The molecule has 0 aliphatic carbocycles. The molecular formula is C26H40N2O. The Morgan fingerprint density at radius 3 is 1.79 bits per heavy atom. The summed E-state index contributed by atoms with van der Waals surface area (Å²) in [6.45, 7) is 2.27. The summed E-state index contributed by atoms with van der Waals surface area (Å²) in [4.78, 5) is 12.0. The number of allylic oxidation sites excluding steroid dienone is 1. The SMILES string of the molecule is CCCCCCCCCCCCCCCCC=CNC(=O)c1ccc(C#N)cc1. The van der Waals surface area contributed by atoms with Gasteiger partial charge in [0, 0.05) is 11.8 Å². The average molecular weight is 397 g/mol. The van der Waals surface area contributed by atoms with Crippen LogP contribution in [0, 0.1) is 11.3 Å². The molecular weight excluding hydrogens is 356 g/mol. The maximum absolute atomic E-state index is 12.0. The van der Waals surface area contributed by atoms with Crippen molar-refractivity contribution in [3.05, 3.63) is 47.7 Å². The number of carbonyl (C=O) groups is 1. The molecule has 0 unspecified atom stereocenters. The van der Waals surface area contributed by atoms with Gasteiger partial charge in [0.2, 0.25) is 0 Å². The summed E-state index contributed by atoms with van der Waals surface area (Å²) in [6, 6.07) is 8.72. The van der Waals surface area contributed by atoms with E-state index < -0.39 is 0 Å². The number of amides is 1. The minimum Gasteiger partial charge on any atom is -0.329 e. The predicted molar refractivity (Wildman–Crippen MR) is 123 cm³/mol. The molecule has 0 saturated heterocycles. The maximum Gasteiger partial charge on any atom is 0.255 e. The molecule has 0 atom stereocenters. The third-order valence-corrected chi connectivity index (χ3v) is 5.33. The summed E-state index contributed by atoms with van der Waals surface area (Å²) in [5.41, 5.74) is 1.14. The van der Waals surface area contributed by atoms with E-state index in [1.165, 1.54) is 89.9 Å². The van der Waals surface area contributed by atoms with Gasteiger partial charge in [-0.1, -0.05) is 96.5 Å². The summed E-state index contributed by atoms with van der Waals surface area (Å²) in [6.07, 6.45) is 24.0. The number of nitrogens with zero attached hydrogens (tertiary/aromatic N) is 1. The number of benzene rings is 1. The molecule has 1 N–H and O–H groups in total. The van der Waals surface area contributed by atoms with E-state index in [-0.39, 0.29) is 5.91 Å². The molecule has 1 rings (SSSR count). The third-order valence-electron chi connectivity index (χ3n) is 5.33. The van der Waals surface area contributed by atoms with Crippen molar-refractivity contribution in [3.8, 4) is 6.07 Å². The fourth-order valence-electron chi connectivity index (χ4n) is 3.45. The zero-order chi connectivity index (χ0) is 21.0. The molecule has 0 spiro atoms. The van der Waals surface area contributed by atoms with Crippen LogP contribution in [0.25, 0.3) is 0 Å². The second-order valence-corrected chi connectivity index (χ2v) is 7.95. The Morgan fingerprint density at radius 2 is 1.31 bits per heavy atom.